The van der Waals surface area contributed by atoms with E-state index in [9.17, 15) is 9.59 Å². The number of hydrogen-bond acceptors (Lipinski definition) is 4. The van der Waals surface area contributed by atoms with Crippen molar-refractivity contribution in [2.45, 2.75) is 91.5 Å². The maximum absolute atomic E-state index is 13.3. The van der Waals surface area contributed by atoms with Crippen molar-refractivity contribution in [2.24, 2.45) is 17.3 Å². The minimum Gasteiger partial charge on any atom is -0.547 e. The molecule has 3 rings (SSSR count). The van der Waals surface area contributed by atoms with Crippen LogP contribution in [0.3, 0.4) is 0 Å². The molecule has 1 saturated carbocycles. The summed E-state index contributed by atoms with van der Waals surface area (Å²) >= 11 is 0. The molecule has 0 N–H and O–H groups in total. The number of hydrogen-bond donors (Lipinski definition) is 0. The number of carbonyl (C=O) groups excluding carboxylic acids is 2. The Morgan fingerprint density at radius 2 is 1.93 bits per heavy atom. The van der Waals surface area contributed by atoms with Gasteiger partial charge in [-0.2, -0.15) is 0 Å². The lowest BCUT2D eigenvalue weighted by Crippen LogP contribution is -2.54. The van der Waals surface area contributed by atoms with Crippen molar-refractivity contribution in [1.82, 2.24) is 0 Å². The van der Waals surface area contributed by atoms with Crippen molar-refractivity contribution in [2.75, 3.05) is 0 Å². The summed E-state index contributed by atoms with van der Waals surface area (Å²) in [6, 6.07) is 0. The van der Waals surface area contributed by atoms with Crippen molar-refractivity contribution < 1.29 is 18.8 Å². The molecule has 4 atom stereocenters. The van der Waals surface area contributed by atoms with Crippen molar-refractivity contribution in [3.05, 3.63) is 23.0 Å². The van der Waals surface area contributed by atoms with Crippen LogP contribution in [0.5, 0.6) is 0 Å². The molecule has 0 aromatic heterocycles. The van der Waals surface area contributed by atoms with E-state index >= 15 is 0 Å². The normalized spacial score (nSPS) is 33.2. The predicted molar refractivity (Wildman–Crippen MR) is 113 cm³/mol. The highest BCUT2D eigenvalue weighted by molar-refractivity contribution is 6.74. The molecule has 5 heteroatoms. The molecule has 0 aliphatic heterocycles. The van der Waals surface area contributed by atoms with Gasteiger partial charge in [0.25, 0.3) is 0 Å². The number of allylic oxidation sites excluding steroid dienone is 3. The zero-order valence-corrected chi connectivity index (χ0v) is 19.8. The van der Waals surface area contributed by atoms with Crippen LogP contribution in [0.4, 0.5) is 0 Å². The lowest BCUT2D eigenvalue weighted by Gasteiger charge is -2.51. The Morgan fingerprint density at radius 3 is 2.50 bits per heavy atom. The summed E-state index contributed by atoms with van der Waals surface area (Å²) in [4.78, 5) is 25.1. The number of ketones is 1. The summed E-state index contributed by atoms with van der Waals surface area (Å²) in [7, 11) is -1.98. The second kappa shape index (κ2) is 6.86. The Morgan fingerprint density at radius 1 is 1.29 bits per heavy atom. The summed E-state index contributed by atoms with van der Waals surface area (Å²) in [5.74, 6) is 1.16. The Labute approximate surface area is 170 Å². The molecule has 0 aromatic carbocycles. The fourth-order valence-electron chi connectivity index (χ4n) is 5.17. The number of rotatable bonds is 3. The van der Waals surface area contributed by atoms with Gasteiger partial charge in [0, 0.05) is 24.7 Å². The van der Waals surface area contributed by atoms with E-state index in [1.54, 1.807) is 0 Å². The second-order valence-corrected chi connectivity index (χ2v) is 15.3. The molecule has 0 saturated heterocycles. The third-order valence-electron chi connectivity index (χ3n) is 7.76. The molecular weight excluding hydrogens is 368 g/mol. The number of esters is 1. The van der Waals surface area contributed by atoms with E-state index < -0.39 is 13.7 Å². The number of Topliss-reactive ketones (excluding diaryl/α,β-unsaturated/α-hetero) is 1. The zero-order chi connectivity index (χ0) is 21.1. The number of ether oxygens (including phenoxy) is 1. The summed E-state index contributed by atoms with van der Waals surface area (Å²) in [6.45, 7) is 16.7. The van der Waals surface area contributed by atoms with Gasteiger partial charge >= 0.3 is 5.97 Å². The second-order valence-electron chi connectivity index (χ2n) is 10.6. The standard InChI is InChI=1S/C23H36O4Si/c1-14-12-20(26-15(2)24)18-13-19(27-28(7,8)22(3,4)5)16-10-9-11-17(16)23(18,6)21(14)25/h12,17-18,20H,9-11,13H2,1-8H3/t17-,18-,20-,23-/m1/s1. The molecule has 0 unspecified atom stereocenters. The van der Waals surface area contributed by atoms with Gasteiger partial charge in [0.1, 0.15) is 6.10 Å². The van der Waals surface area contributed by atoms with Crippen LogP contribution < -0.4 is 0 Å². The Bertz CT molecular complexity index is 755. The monoisotopic (exact) mass is 404 g/mol. The zero-order valence-electron chi connectivity index (χ0n) is 18.8. The highest BCUT2D eigenvalue weighted by Crippen LogP contribution is 2.59. The van der Waals surface area contributed by atoms with Crippen molar-refractivity contribution in [3.8, 4) is 0 Å². The minimum atomic E-state index is -1.98. The summed E-state index contributed by atoms with van der Waals surface area (Å²) in [5.41, 5.74) is 1.57. The van der Waals surface area contributed by atoms with Crippen LogP contribution >= 0.6 is 0 Å². The van der Waals surface area contributed by atoms with Crippen LogP contribution in [0.1, 0.15) is 67.2 Å². The van der Waals surface area contributed by atoms with Gasteiger partial charge in [-0.1, -0.05) is 27.7 Å². The fourth-order valence-corrected chi connectivity index (χ4v) is 6.30. The van der Waals surface area contributed by atoms with Crippen molar-refractivity contribution in [3.63, 3.8) is 0 Å². The van der Waals surface area contributed by atoms with Crippen LogP contribution in [0.25, 0.3) is 0 Å². The predicted octanol–water partition coefficient (Wildman–Crippen LogP) is 5.55. The summed E-state index contributed by atoms with van der Waals surface area (Å²) in [6.07, 6.45) is 5.31. The maximum Gasteiger partial charge on any atom is 0.303 e. The first-order valence-corrected chi connectivity index (χ1v) is 13.5. The molecule has 0 spiro atoms. The molecule has 0 amide bonds. The van der Waals surface area contributed by atoms with E-state index in [2.05, 4.69) is 40.8 Å². The summed E-state index contributed by atoms with van der Waals surface area (Å²) in [5, 5.41) is 0.115. The number of carbonyl (C=O) groups is 2. The largest absolute Gasteiger partial charge is 0.547 e. The van der Waals surface area contributed by atoms with Crippen LogP contribution in [0.2, 0.25) is 18.1 Å². The quantitative estimate of drug-likeness (QED) is 0.457. The molecule has 28 heavy (non-hydrogen) atoms. The SMILES string of the molecule is CC(=O)O[C@@H]1C=C(C)C(=O)[C@]2(C)[C@@H]3CCCC3=C(O[Si](C)(C)C(C)(C)C)C[C@H]12. The lowest BCUT2D eigenvalue weighted by molar-refractivity contribution is -0.155. The molecule has 0 heterocycles. The molecule has 0 aromatic rings. The van der Waals surface area contributed by atoms with E-state index in [4.69, 9.17) is 9.16 Å². The minimum absolute atomic E-state index is 0.0563. The topological polar surface area (TPSA) is 52.6 Å². The van der Waals surface area contributed by atoms with Crippen molar-refractivity contribution in [1.29, 1.82) is 0 Å². The molecular formula is C23H36O4Si. The molecule has 1 fully saturated rings. The summed E-state index contributed by atoms with van der Waals surface area (Å²) < 4.78 is 12.5. The van der Waals surface area contributed by atoms with Gasteiger partial charge in [-0.15, -0.1) is 0 Å². The van der Waals surface area contributed by atoms with Crippen LogP contribution in [-0.4, -0.2) is 26.2 Å². The highest BCUT2D eigenvalue weighted by Gasteiger charge is 2.58. The van der Waals surface area contributed by atoms with E-state index in [1.807, 2.05) is 13.0 Å². The van der Waals surface area contributed by atoms with E-state index in [0.717, 1.165) is 30.6 Å². The van der Waals surface area contributed by atoms with Gasteiger partial charge in [0.05, 0.1) is 5.76 Å². The Balaban J connectivity index is 2.06. The molecule has 4 nitrogen and oxygen atoms in total. The first-order chi connectivity index (χ1) is 12.8. The molecule has 3 aliphatic rings. The maximum atomic E-state index is 13.3. The highest BCUT2D eigenvalue weighted by atomic mass is 28.4. The van der Waals surface area contributed by atoms with Gasteiger partial charge < -0.3 is 9.16 Å². The Hall–Kier alpha value is -1.36. The van der Waals surface area contributed by atoms with Crippen LogP contribution in [0.15, 0.2) is 23.0 Å². The van der Waals surface area contributed by atoms with Gasteiger partial charge in [0.15, 0.2) is 5.78 Å². The van der Waals surface area contributed by atoms with Crippen molar-refractivity contribution >= 4 is 20.1 Å². The first kappa shape index (κ1) is 21.3. The third kappa shape index (κ3) is 3.29. The average Bonchev–Trinajstić information content (AvgIpc) is 3.04. The van der Waals surface area contributed by atoms with Crippen LogP contribution in [-0.2, 0) is 18.8 Å². The molecule has 0 bridgehead atoms. The molecule has 0 radical (unpaired) electrons. The Kier molecular flexibility index (Phi) is 5.23. The van der Waals surface area contributed by atoms with Gasteiger partial charge in [0.2, 0.25) is 8.32 Å². The average molecular weight is 405 g/mol. The fraction of sp³-hybridized carbons (Fsp3) is 0.739. The molecule has 3 aliphatic carbocycles. The first-order valence-electron chi connectivity index (χ1n) is 10.6. The number of fused-ring (bicyclic) bond motifs is 3. The lowest BCUT2D eigenvalue weighted by atomic mass is 9.54. The van der Waals surface area contributed by atoms with E-state index in [0.29, 0.717) is 6.42 Å². The van der Waals surface area contributed by atoms with Crippen LogP contribution in [0, 0.1) is 17.3 Å². The van der Waals surface area contributed by atoms with Gasteiger partial charge in [-0.25, -0.2) is 0 Å². The third-order valence-corrected chi connectivity index (χ3v) is 12.1. The van der Waals surface area contributed by atoms with Gasteiger partial charge in [-0.3, -0.25) is 9.59 Å². The van der Waals surface area contributed by atoms with E-state index in [1.165, 1.54) is 12.5 Å². The smallest absolute Gasteiger partial charge is 0.303 e. The van der Waals surface area contributed by atoms with E-state index in [-0.39, 0.29) is 34.7 Å². The van der Waals surface area contributed by atoms with Gasteiger partial charge in [-0.05, 0) is 67.5 Å². The molecule has 156 valence electrons.